The van der Waals surface area contributed by atoms with Gasteiger partial charge in [-0.15, -0.1) is 0 Å². The summed E-state index contributed by atoms with van der Waals surface area (Å²) in [7, 11) is 0. The van der Waals surface area contributed by atoms with Crippen LogP contribution in [0.3, 0.4) is 0 Å². The Kier molecular flexibility index (Phi) is 7.32. The van der Waals surface area contributed by atoms with Crippen molar-refractivity contribution in [3.63, 3.8) is 0 Å². The Morgan fingerprint density at radius 2 is 0.884 bits per heavy atom. The fourth-order valence-corrected chi connectivity index (χ4v) is 7.06. The van der Waals surface area contributed by atoms with Crippen LogP contribution in [0.1, 0.15) is 111 Å². The summed E-state index contributed by atoms with van der Waals surface area (Å²) in [5, 5.41) is 0. The van der Waals surface area contributed by atoms with Crippen molar-refractivity contribution in [1.29, 1.82) is 0 Å². The molecule has 0 unspecified atom stereocenters. The van der Waals surface area contributed by atoms with E-state index in [4.69, 9.17) is 9.97 Å². The van der Waals surface area contributed by atoms with Crippen molar-refractivity contribution in [2.75, 3.05) is 0 Å². The normalized spacial score (nSPS) is 13.5. The third-order valence-corrected chi connectivity index (χ3v) is 10.0. The van der Waals surface area contributed by atoms with Gasteiger partial charge in [0.25, 0.3) is 0 Å². The Bertz CT molecular complexity index is 2070. The third kappa shape index (κ3) is 4.52. The summed E-state index contributed by atoms with van der Waals surface area (Å²) in [6.07, 6.45) is 3.78. The van der Waals surface area contributed by atoms with Crippen LogP contribution in [-0.2, 0) is 12.8 Å². The van der Waals surface area contributed by atoms with E-state index in [1.54, 1.807) is 0 Å². The van der Waals surface area contributed by atoms with Gasteiger partial charge in [-0.3, -0.25) is 0 Å². The molecule has 4 aromatic heterocycles. The van der Waals surface area contributed by atoms with Crippen LogP contribution in [0, 0.1) is 27.7 Å². The maximum Gasteiger partial charge on any atom is 0.0932 e. The number of aromatic amines is 3. The maximum atomic E-state index is 5.31. The van der Waals surface area contributed by atoms with E-state index in [-0.39, 0.29) is 0 Å². The van der Waals surface area contributed by atoms with E-state index >= 15 is 0 Å². The molecule has 0 amide bonds. The number of aryl methyl sites for hydroxylation is 6. The minimum Gasteiger partial charge on any atom is -0.355 e. The Labute approximate surface area is 255 Å². The molecule has 5 nitrogen and oxygen atoms in total. The van der Waals surface area contributed by atoms with Gasteiger partial charge in [-0.2, -0.15) is 0 Å². The SMILES string of the molecule is CCC1=C(CC)c2nc1cc1[nH]c(cc3[nH]c(cc4[nH]c(cc5nc2C(C)=C5C)c(C)c4CC)c(CC)c3C)c(C)c1C. The van der Waals surface area contributed by atoms with Gasteiger partial charge in [-0.25, -0.2) is 9.97 Å². The van der Waals surface area contributed by atoms with Crippen molar-refractivity contribution in [2.45, 2.75) is 94.9 Å². The van der Waals surface area contributed by atoms with Gasteiger partial charge in [0.2, 0.25) is 0 Å². The zero-order valence-electron chi connectivity index (χ0n) is 27.5. The van der Waals surface area contributed by atoms with E-state index in [0.717, 1.165) is 70.5 Å². The number of fused-ring (bicyclic) bond motifs is 11. The molecular weight excluding hydrogens is 526 g/mol. The smallest absolute Gasteiger partial charge is 0.0932 e. The average Bonchev–Trinajstić information content (AvgIpc) is 3.73. The molecule has 2 aliphatic rings. The van der Waals surface area contributed by atoms with Crippen LogP contribution in [0.4, 0.5) is 0 Å². The highest BCUT2D eigenvalue weighted by Gasteiger charge is 2.25. The molecule has 3 N–H and O–H groups in total. The fraction of sp³-hybridized carbons (Fsp3) is 0.368. The lowest BCUT2D eigenvalue weighted by molar-refractivity contribution is 1.14. The summed E-state index contributed by atoms with van der Waals surface area (Å²) in [6.45, 7) is 22.2. The molecule has 0 fully saturated rings. The van der Waals surface area contributed by atoms with Gasteiger partial charge in [0, 0.05) is 33.1 Å². The summed E-state index contributed by atoms with van der Waals surface area (Å²) < 4.78 is 0. The highest BCUT2D eigenvalue weighted by atomic mass is 14.8. The molecule has 0 saturated carbocycles. The summed E-state index contributed by atoms with van der Waals surface area (Å²) in [4.78, 5) is 21.9. The van der Waals surface area contributed by atoms with Crippen LogP contribution >= 0.6 is 0 Å². The predicted molar refractivity (Wildman–Crippen MR) is 185 cm³/mol. The minimum atomic E-state index is 0.925. The van der Waals surface area contributed by atoms with Crippen molar-refractivity contribution in [1.82, 2.24) is 24.9 Å². The van der Waals surface area contributed by atoms with Crippen LogP contribution < -0.4 is 0 Å². The van der Waals surface area contributed by atoms with Gasteiger partial charge in [-0.05, 0) is 147 Å². The molecule has 10 bridgehead atoms. The van der Waals surface area contributed by atoms with Crippen LogP contribution in [0.25, 0.3) is 55.4 Å². The Hall–Kier alpha value is -4.12. The highest BCUT2D eigenvalue weighted by Crippen LogP contribution is 2.40. The lowest BCUT2D eigenvalue weighted by Gasteiger charge is -2.05. The molecule has 2 aliphatic heterocycles. The fourth-order valence-electron chi connectivity index (χ4n) is 7.06. The molecule has 0 atom stereocenters. The van der Waals surface area contributed by atoms with Crippen molar-refractivity contribution < 1.29 is 0 Å². The molecule has 222 valence electrons. The van der Waals surface area contributed by atoms with E-state index < -0.39 is 0 Å². The molecule has 0 aliphatic carbocycles. The van der Waals surface area contributed by atoms with Gasteiger partial charge < -0.3 is 15.0 Å². The number of aromatic nitrogens is 5. The lowest BCUT2D eigenvalue weighted by atomic mass is 9.97. The molecule has 4 aromatic rings. The number of rotatable bonds is 4. The second-order valence-electron chi connectivity index (χ2n) is 12.2. The summed E-state index contributed by atoms with van der Waals surface area (Å²) in [6, 6.07) is 9.08. The molecule has 0 saturated heterocycles. The Balaban J connectivity index is 1.84. The summed E-state index contributed by atoms with van der Waals surface area (Å²) in [5.74, 6) is 0. The van der Waals surface area contributed by atoms with E-state index in [9.17, 15) is 0 Å². The van der Waals surface area contributed by atoms with Crippen molar-refractivity contribution in [3.05, 3.63) is 80.4 Å². The molecule has 5 heteroatoms. The molecule has 0 spiro atoms. The van der Waals surface area contributed by atoms with Crippen LogP contribution in [0.15, 0.2) is 24.3 Å². The Morgan fingerprint density at radius 1 is 0.442 bits per heavy atom. The van der Waals surface area contributed by atoms with Crippen LogP contribution in [0.5, 0.6) is 0 Å². The van der Waals surface area contributed by atoms with E-state index in [2.05, 4.69) is 108 Å². The molecule has 0 radical (unpaired) electrons. The zero-order valence-corrected chi connectivity index (χ0v) is 27.5. The summed E-state index contributed by atoms with van der Waals surface area (Å²) >= 11 is 0. The Morgan fingerprint density at radius 3 is 1.44 bits per heavy atom. The number of nitrogens with one attached hydrogen (secondary N) is 3. The predicted octanol–water partition coefficient (Wildman–Crippen LogP) is 10.4. The monoisotopic (exact) mass is 571 g/mol. The van der Waals surface area contributed by atoms with Gasteiger partial charge in [0.1, 0.15) is 0 Å². The van der Waals surface area contributed by atoms with Gasteiger partial charge in [0.05, 0.1) is 22.8 Å². The standard InChI is InChI=1S/C38H45N5/c1-11-25-23(9)32-15-29-19(5)20(6)30(39-29)17-36-27(13-3)28(14-4)38(43-36)37-22(8)21(7)31(42-37)16-33-24(10)26(12-2)35(41-33)18-34(25)40-32/h15-18,39-41H,11-14H2,1-10H3. The highest BCUT2D eigenvalue weighted by molar-refractivity contribution is 5.99. The first-order valence-electron chi connectivity index (χ1n) is 15.9. The van der Waals surface area contributed by atoms with Crippen LogP contribution in [0.2, 0.25) is 0 Å². The lowest BCUT2D eigenvalue weighted by Crippen LogP contribution is -1.90. The largest absolute Gasteiger partial charge is 0.355 e. The number of nitrogens with zero attached hydrogens (tertiary/aromatic N) is 2. The summed E-state index contributed by atoms with van der Waals surface area (Å²) in [5.41, 5.74) is 23.8. The van der Waals surface area contributed by atoms with E-state index in [1.807, 2.05) is 0 Å². The average molecular weight is 572 g/mol. The first-order chi connectivity index (χ1) is 20.6. The number of allylic oxidation sites excluding steroid dienone is 4. The molecule has 6 rings (SSSR count). The first-order valence-corrected chi connectivity index (χ1v) is 15.9. The minimum absolute atomic E-state index is 0.925. The van der Waals surface area contributed by atoms with Crippen molar-refractivity contribution >= 4 is 55.4 Å². The molecular formula is C38H45N5. The second kappa shape index (κ2) is 10.9. The van der Waals surface area contributed by atoms with Crippen molar-refractivity contribution in [3.8, 4) is 0 Å². The zero-order chi connectivity index (χ0) is 30.7. The van der Waals surface area contributed by atoms with Gasteiger partial charge in [0.15, 0.2) is 0 Å². The topological polar surface area (TPSA) is 73.2 Å². The van der Waals surface area contributed by atoms with Gasteiger partial charge in [-0.1, -0.05) is 27.7 Å². The molecule has 43 heavy (non-hydrogen) atoms. The quantitative estimate of drug-likeness (QED) is 0.228. The van der Waals surface area contributed by atoms with Crippen molar-refractivity contribution in [2.24, 2.45) is 0 Å². The molecule has 0 aromatic carbocycles. The number of hydrogen-bond acceptors (Lipinski definition) is 2. The number of H-pyrrole nitrogens is 3. The third-order valence-electron chi connectivity index (χ3n) is 10.0. The van der Waals surface area contributed by atoms with E-state index in [1.165, 1.54) is 66.7 Å². The maximum absolute atomic E-state index is 5.31. The van der Waals surface area contributed by atoms with Gasteiger partial charge >= 0.3 is 0 Å². The second-order valence-corrected chi connectivity index (χ2v) is 12.2. The van der Waals surface area contributed by atoms with Crippen LogP contribution in [-0.4, -0.2) is 24.9 Å². The van der Waals surface area contributed by atoms with E-state index in [0.29, 0.717) is 0 Å². The first kappa shape index (κ1) is 29.0. The number of hydrogen-bond donors (Lipinski definition) is 3. The molecule has 6 heterocycles.